The number of ether oxygens (including phenoxy) is 2. The Hall–Kier alpha value is -1.33. The standard InChI is InChI=1S/C15H23FN2O2/c1-19-9-2-10-20-15-4-3-12(16)11-14(15)18-7-5-13(17)6-8-18/h3-4,11,13H,2,5-10,17H2,1H3. The van der Waals surface area contributed by atoms with Crippen molar-refractivity contribution >= 4 is 5.69 Å². The first-order chi connectivity index (χ1) is 9.70. The van der Waals surface area contributed by atoms with Gasteiger partial charge in [0.1, 0.15) is 11.6 Å². The monoisotopic (exact) mass is 282 g/mol. The van der Waals surface area contributed by atoms with E-state index in [-0.39, 0.29) is 11.9 Å². The molecule has 0 aromatic heterocycles. The van der Waals surface area contributed by atoms with E-state index in [2.05, 4.69) is 4.90 Å². The molecule has 0 radical (unpaired) electrons. The summed E-state index contributed by atoms with van der Waals surface area (Å²) in [6, 6.07) is 4.94. The second-order valence-electron chi connectivity index (χ2n) is 5.13. The quantitative estimate of drug-likeness (QED) is 0.812. The Kier molecular flexibility index (Phi) is 5.61. The maximum Gasteiger partial charge on any atom is 0.142 e. The van der Waals surface area contributed by atoms with Crippen LogP contribution in [0.4, 0.5) is 10.1 Å². The van der Waals surface area contributed by atoms with Crippen LogP contribution in [0, 0.1) is 5.82 Å². The number of rotatable bonds is 6. The second kappa shape index (κ2) is 7.45. The molecular weight excluding hydrogens is 259 g/mol. The molecule has 0 spiro atoms. The van der Waals surface area contributed by atoms with E-state index in [4.69, 9.17) is 15.2 Å². The molecule has 0 saturated carbocycles. The van der Waals surface area contributed by atoms with Crippen LogP contribution >= 0.6 is 0 Å². The first-order valence-electron chi connectivity index (χ1n) is 7.12. The number of halogens is 1. The topological polar surface area (TPSA) is 47.7 Å². The van der Waals surface area contributed by atoms with E-state index in [1.807, 2.05) is 0 Å². The summed E-state index contributed by atoms with van der Waals surface area (Å²) in [6.45, 7) is 2.92. The van der Waals surface area contributed by atoms with Gasteiger partial charge in [-0.25, -0.2) is 4.39 Å². The molecule has 0 bridgehead atoms. The molecule has 1 fully saturated rings. The van der Waals surface area contributed by atoms with Crippen LogP contribution in [0.25, 0.3) is 0 Å². The fraction of sp³-hybridized carbons (Fsp3) is 0.600. The first-order valence-corrected chi connectivity index (χ1v) is 7.12. The van der Waals surface area contributed by atoms with Crippen molar-refractivity contribution in [3.63, 3.8) is 0 Å². The van der Waals surface area contributed by atoms with Gasteiger partial charge in [0, 0.05) is 45.3 Å². The summed E-state index contributed by atoms with van der Waals surface area (Å²) >= 11 is 0. The largest absolute Gasteiger partial charge is 0.491 e. The van der Waals surface area contributed by atoms with Gasteiger partial charge in [0.05, 0.1) is 12.3 Å². The molecule has 20 heavy (non-hydrogen) atoms. The van der Waals surface area contributed by atoms with Gasteiger partial charge in [0.2, 0.25) is 0 Å². The Morgan fingerprint density at radius 1 is 1.30 bits per heavy atom. The smallest absolute Gasteiger partial charge is 0.142 e. The van der Waals surface area contributed by atoms with Gasteiger partial charge in [-0.05, 0) is 25.0 Å². The molecule has 1 heterocycles. The normalized spacial score (nSPS) is 16.4. The Morgan fingerprint density at radius 2 is 2.05 bits per heavy atom. The van der Waals surface area contributed by atoms with E-state index in [0.29, 0.717) is 13.2 Å². The van der Waals surface area contributed by atoms with Crippen molar-refractivity contribution in [2.24, 2.45) is 5.73 Å². The molecule has 2 rings (SSSR count). The molecule has 4 nitrogen and oxygen atoms in total. The van der Waals surface area contributed by atoms with Gasteiger partial charge in [0.25, 0.3) is 0 Å². The predicted octanol–water partition coefficient (Wildman–Crippen LogP) is 2.17. The average Bonchev–Trinajstić information content (AvgIpc) is 2.46. The number of hydrogen-bond donors (Lipinski definition) is 1. The maximum atomic E-state index is 13.5. The maximum absolute atomic E-state index is 13.5. The minimum absolute atomic E-state index is 0.237. The lowest BCUT2D eigenvalue weighted by atomic mass is 10.1. The Bertz CT molecular complexity index is 420. The Labute approximate surface area is 119 Å². The van der Waals surface area contributed by atoms with Gasteiger partial charge < -0.3 is 20.1 Å². The van der Waals surface area contributed by atoms with Crippen molar-refractivity contribution in [3.8, 4) is 5.75 Å². The van der Waals surface area contributed by atoms with Gasteiger partial charge >= 0.3 is 0 Å². The van der Waals surface area contributed by atoms with Crippen molar-refractivity contribution in [2.75, 3.05) is 38.3 Å². The fourth-order valence-electron chi connectivity index (χ4n) is 2.39. The minimum atomic E-state index is -0.237. The van der Waals surface area contributed by atoms with Gasteiger partial charge in [-0.15, -0.1) is 0 Å². The lowest BCUT2D eigenvalue weighted by Crippen LogP contribution is -2.39. The highest BCUT2D eigenvalue weighted by Crippen LogP contribution is 2.31. The minimum Gasteiger partial charge on any atom is -0.491 e. The Morgan fingerprint density at radius 3 is 2.75 bits per heavy atom. The van der Waals surface area contributed by atoms with Crippen LogP contribution in [0.2, 0.25) is 0 Å². The first kappa shape index (κ1) is 15.1. The molecular formula is C15H23FN2O2. The Balaban J connectivity index is 2.03. The highest BCUT2D eigenvalue weighted by Gasteiger charge is 2.19. The third-order valence-corrected chi connectivity index (χ3v) is 3.55. The van der Waals surface area contributed by atoms with Crippen LogP contribution in [0.3, 0.4) is 0 Å². The molecule has 0 atom stereocenters. The summed E-state index contributed by atoms with van der Waals surface area (Å²) in [5, 5.41) is 0. The van der Waals surface area contributed by atoms with Gasteiger partial charge in [0.15, 0.2) is 0 Å². The molecule has 112 valence electrons. The zero-order chi connectivity index (χ0) is 14.4. The van der Waals surface area contributed by atoms with Crippen LogP contribution in [0.15, 0.2) is 18.2 Å². The molecule has 2 N–H and O–H groups in total. The number of piperidine rings is 1. The molecule has 1 aliphatic rings. The van der Waals surface area contributed by atoms with E-state index in [9.17, 15) is 4.39 Å². The van der Waals surface area contributed by atoms with Crippen molar-refractivity contribution in [2.45, 2.75) is 25.3 Å². The number of nitrogens with two attached hydrogens (primary N) is 1. The molecule has 1 aliphatic heterocycles. The second-order valence-corrected chi connectivity index (χ2v) is 5.13. The van der Waals surface area contributed by atoms with Crippen LogP contribution in [-0.2, 0) is 4.74 Å². The molecule has 1 saturated heterocycles. The van der Waals surface area contributed by atoms with Crippen LogP contribution in [0.1, 0.15) is 19.3 Å². The van der Waals surface area contributed by atoms with Crippen molar-refractivity contribution in [1.82, 2.24) is 0 Å². The van der Waals surface area contributed by atoms with Crippen LogP contribution < -0.4 is 15.4 Å². The molecule has 1 aromatic rings. The summed E-state index contributed by atoms with van der Waals surface area (Å²) in [7, 11) is 1.67. The van der Waals surface area contributed by atoms with E-state index in [1.165, 1.54) is 6.07 Å². The predicted molar refractivity (Wildman–Crippen MR) is 77.8 cm³/mol. The lowest BCUT2D eigenvalue weighted by molar-refractivity contribution is 0.172. The average molecular weight is 282 g/mol. The molecule has 1 aromatic carbocycles. The number of nitrogens with zero attached hydrogens (tertiary/aromatic N) is 1. The zero-order valence-corrected chi connectivity index (χ0v) is 12.0. The third-order valence-electron chi connectivity index (χ3n) is 3.55. The van der Waals surface area contributed by atoms with Gasteiger partial charge in [-0.2, -0.15) is 0 Å². The summed E-state index contributed by atoms with van der Waals surface area (Å²) in [5.74, 6) is 0.497. The summed E-state index contributed by atoms with van der Waals surface area (Å²) < 4.78 is 24.2. The summed E-state index contributed by atoms with van der Waals surface area (Å²) in [4.78, 5) is 2.15. The van der Waals surface area contributed by atoms with Crippen molar-refractivity contribution in [3.05, 3.63) is 24.0 Å². The van der Waals surface area contributed by atoms with Crippen molar-refractivity contribution in [1.29, 1.82) is 0 Å². The van der Waals surface area contributed by atoms with Gasteiger partial charge in [-0.3, -0.25) is 0 Å². The van der Waals surface area contributed by atoms with Crippen LogP contribution in [0.5, 0.6) is 5.75 Å². The fourth-order valence-corrected chi connectivity index (χ4v) is 2.39. The SMILES string of the molecule is COCCCOc1ccc(F)cc1N1CCC(N)CC1. The van der Waals surface area contributed by atoms with Gasteiger partial charge in [-0.1, -0.05) is 0 Å². The zero-order valence-electron chi connectivity index (χ0n) is 12.0. The van der Waals surface area contributed by atoms with E-state index < -0.39 is 0 Å². The molecule has 0 aliphatic carbocycles. The van der Waals surface area contributed by atoms with E-state index in [0.717, 1.165) is 43.8 Å². The summed E-state index contributed by atoms with van der Waals surface area (Å²) in [6.07, 6.45) is 2.68. The number of benzene rings is 1. The number of methoxy groups -OCH3 is 1. The van der Waals surface area contributed by atoms with Crippen molar-refractivity contribution < 1.29 is 13.9 Å². The van der Waals surface area contributed by atoms with Crippen LogP contribution in [-0.4, -0.2) is 39.5 Å². The van der Waals surface area contributed by atoms with E-state index in [1.54, 1.807) is 19.2 Å². The molecule has 0 amide bonds. The molecule has 0 unspecified atom stereocenters. The number of anilines is 1. The third kappa shape index (κ3) is 4.08. The highest BCUT2D eigenvalue weighted by atomic mass is 19.1. The highest BCUT2D eigenvalue weighted by molar-refractivity contribution is 5.59. The summed E-state index contributed by atoms with van der Waals surface area (Å²) in [5.41, 5.74) is 6.74. The number of hydrogen-bond acceptors (Lipinski definition) is 4. The molecule has 5 heteroatoms. The lowest BCUT2D eigenvalue weighted by Gasteiger charge is -2.33. The van der Waals surface area contributed by atoms with E-state index >= 15 is 0 Å².